The van der Waals surface area contributed by atoms with Crippen molar-refractivity contribution in [3.8, 4) is 11.5 Å². The number of aromatic nitrogens is 3. The van der Waals surface area contributed by atoms with Gasteiger partial charge in [-0.3, -0.25) is 0 Å². The number of hydrogen-bond acceptors (Lipinski definition) is 6. The van der Waals surface area contributed by atoms with Gasteiger partial charge in [-0.25, -0.2) is 9.97 Å². The molecule has 0 saturated carbocycles. The summed E-state index contributed by atoms with van der Waals surface area (Å²) < 4.78 is 12.0. The van der Waals surface area contributed by atoms with E-state index in [-0.39, 0.29) is 6.10 Å². The van der Waals surface area contributed by atoms with Gasteiger partial charge in [-0.2, -0.15) is 0 Å². The van der Waals surface area contributed by atoms with Gasteiger partial charge in [-0.05, 0) is 76.0 Å². The van der Waals surface area contributed by atoms with Crippen LogP contribution in [0.15, 0.2) is 42.7 Å². The first-order chi connectivity index (χ1) is 15.6. The average molecular weight is 432 g/mol. The summed E-state index contributed by atoms with van der Waals surface area (Å²) in [6.07, 6.45) is 3.94. The van der Waals surface area contributed by atoms with Crippen molar-refractivity contribution in [2.45, 2.75) is 32.8 Å². The third kappa shape index (κ3) is 4.08. The van der Waals surface area contributed by atoms with Gasteiger partial charge in [0.1, 0.15) is 12.1 Å². The van der Waals surface area contributed by atoms with Crippen molar-refractivity contribution in [3.05, 3.63) is 48.4 Å². The lowest BCUT2D eigenvalue weighted by molar-refractivity contribution is 0.124. The Bertz CT molecular complexity index is 1250. The van der Waals surface area contributed by atoms with Gasteiger partial charge in [0.05, 0.1) is 18.7 Å². The van der Waals surface area contributed by atoms with E-state index in [9.17, 15) is 0 Å². The maximum absolute atomic E-state index is 6.36. The van der Waals surface area contributed by atoms with Crippen molar-refractivity contribution in [3.63, 3.8) is 0 Å². The van der Waals surface area contributed by atoms with Gasteiger partial charge in [0, 0.05) is 33.7 Å². The Morgan fingerprint density at radius 1 is 1.06 bits per heavy atom. The number of nitrogens with zero attached hydrogens (tertiary/aromatic N) is 2. The van der Waals surface area contributed by atoms with Gasteiger partial charge < -0.3 is 25.1 Å². The number of piperidine rings is 1. The molecule has 7 nitrogen and oxygen atoms in total. The Morgan fingerprint density at radius 3 is 2.72 bits per heavy atom. The lowest BCUT2D eigenvalue weighted by Gasteiger charge is -2.29. The number of anilines is 2. The van der Waals surface area contributed by atoms with Gasteiger partial charge in [0.15, 0.2) is 11.5 Å². The molecule has 5 rings (SSSR count). The van der Waals surface area contributed by atoms with Crippen LogP contribution in [0.25, 0.3) is 21.8 Å². The number of aryl methyl sites for hydroxylation is 1. The summed E-state index contributed by atoms with van der Waals surface area (Å²) in [5, 5.41) is 8.90. The van der Waals surface area contributed by atoms with Crippen LogP contribution < -0.4 is 20.1 Å². The fraction of sp³-hybridized carbons (Fsp3) is 0.360. The highest BCUT2D eigenvalue weighted by atomic mass is 16.5. The monoisotopic (exact) mass is 431 g/mol. The Hall–Kier alpha value is -3.32. The van der Waals surface area contributed by atoms with E-state index in [4.69, 9.17) is 9.47 Å². The first kappa shape index (κ1) is 20.6. The van der Waals surface area contributed by atoms with Crippen LogP contribution in [-0.4, -0.2) is 41.3 Å². The first-order valence-corrected chi connectivity index (χ1v) is 11.2. The molecule has 2 aromatic heterocycles. The molecule has 0 bridgehead atoms. The van der Waals surface area contributed by atoms with Crippen LogP contribution in [-0.2, 0) is 0 Å². The van der Waals surface area contributed by atoms with E-state index in [0.29, 0.717) is 11.7 Å². The second kappa shape index (κ2) is 8.67. The third-order valence-corrected chi connectivity index (χ3v) is 6.30. The molecule has 32 heavy (non-hydrogen) atoms. The molecule has 2 aromatic carbocycles. The quantitative estimate of drug-likeness (QED) is 0.401. The van der Waals surface area contributed by atoms with E-state index >= 15 is 0 Å². The van der Waals surface area contributed by atoms with Crippen LogP contribution in [0.5, 0.6) is 11.5 Å². The topological polar surface area (TPSA) is 84.1 Å². The molecule has 1 unspecified atom stereocenters. The Labute approximate surface area is 187 Å². The molecule has 0 spiro atoms. The number of methoxy groups -OCH3 is 1. The minimum atomic E-state index is 0.111. The molecule has 1 aliphatic rings. The highest BCUT2D eigenvalue weighted by Crippen LogP contribution is 2.36. The summed E-state index contributed by atoms with van der Waals surface area (Å²) in [5.74, 6) is 2.68. The molecule has 166 valence electrons. The molecule has 1 aliphatic heterocycles. The molecule has 0 aliphatic carbocycles. The highest BCUT2D eigenvalue weighted by molar-refractivity contribution is 5.94. The smallest absolute Gasteiger partial charge is 0.163 e. The average Bonchev–Trinajstić information content (AvgIpc) is 3.18. The molecule has 7 heteroatoms. The van der Waals surface area contributed by atoms with Gasteiger partial charge in [0.25, 0.3) is 0 Å². The van der Waals surface area contributed by atoms with Crippen LogP contribution in [0.3, 0.4) is 0 Å². The van der Waals surface area contributed by atoms with Crippen molar-refractivity contribution < 1.29 is 9.47 Å². The number of aromatic amines is 1. The molecule has 3 heterocycles. The van der Waals surface area contributed by atoms with Gasteiger partial charge >= 0.3 is 0 Å². The summed E-state index contributed by atoms with van der Waals surface area (Å²) >= 11 is 0. The van der Waals surface area contributed by atoms with Crippen LogP contribution in [0.2, 0.25) is 0 Å². The lowest BCUT2D eigenvalue weighted by atomic mass is 9.93. The number of benzene rings is 2. The van der Waals surface area contributed by atoms with Gasteiger partial charge in [-0.15, -0.1) is 0 Å². The predicted octanol–water partition coefficient (Wildman–Crippen LogP) is 4.94. The fourth-order valence-corrected chi connectivity index (χ4v) is 4.52. The Morgan fingerprint density at radius 2 is 1.91 bits per heavy atom. The molecule has 0 radical (unpaired) electrons. The molecule has 3 N–H and O–H groups in total. The Kier molecular flexibility index (Phi) is 5.57. The summed E-state index contributed by atoms with van der Waals surface area (Å²) in [7, 11) is 1.67. The van der Waals surface area contributed by atoms with Gasteiger partial charge in [0.2, 0.25) is 0 Å². The number of ether oxygens (including phenoxy) is 2. The Balaban J connectivity index is 1.45. The summed E-state index contributed by atoms with van der Waals surface area (Å²) in [4.78, 5) is 12.3. The second-order valence-electron chi connectivity index (χ2n) is 8.53. The van der Waals surface area contributed by atoms with Crippen molar-refractivity contribution in [2.24, 2.45) is 5.92 Å². The van der Waals surface area contributed by atoms with E-state index in [2.05, 4.69) is 57.6 Å². The van der Waals surface area contributed by atoms with Crippen molar-refractivity contribution in [2.75, 3.05) is 25.5 Å². The molecule has 1 atom stereocenters. The van der Waals surface area contributed by atoms with E-state index in [0.717, 1.165) is 70.7 Å². The maximum Gasteiger partial charge on any atom is 0.163 e. The number of nitrogens with one attached hydrogen (secondary N) is 3. The maximum atomic E-state index is 6.36. The standard InChI is InChI=1S/C25H29N5O2/c1-15-10-18-11-19(4-5-21(18)29-15)30-25-20-12-23(31-3)24(13-22(20)27-14-28-25)32-16(2)17-6-8-26-9-7-17/h4-5,10-14,16-17,26,29H,6-9H2,1-3H3,(H,27,28,30). The largest absolute Gasteiger partial charge is 0.493 e. The van der Waals surface area contributed by atoms with Crippen molar-refractivity contribution in [1.29, 1.82) is 0 Å². The minimum absolute atomic E-state index is 0.111. The number of H-pyrrole nitrogens is 1. The van der Waals surface area contributed by atoms with Crippen molar-refractivity contribution in [1.82, 2.24) is 20.3 Å². The van der Waals surface area contributed by atoms with Crippen LogP contribution in [0, 0.1) is 12.8 Å². The molecule has 4 aromatic rings. The zero-order valence-electron chi connectivity index (χ0n) is 18.7. The first-order valence-electron chi connectivity index (χ1n) is 11.2. The molecular formula is C25H29N5O2. The normalized spacial score (nSPS) is 15.7. The van der Waals surface area contributed by atoms with Crippen molar-refractivity contribution >= 4 is 33.3 Å². The molecule has 1 fully saturated rings. The highest BCUT2D eigenvalue weighted by Gasteiger charge is 2.23. The van der Waals surface area contributed by atoms with Crippen LogP contribution >= 0.6 is 0 Å². The zero-order chi connectivity index (χ0) is 22.1. The van der Waals surface area contributed by atoms with E-state index in [1.807, 2.05) is 18.2 Å². The van der Waals surface area contributed by atoms with Crippen LogP contribution in [0.1, 0.15) is 25.5 Å². The number of rotatable bonds is 6. The third-order valence-electron chi connectivity index (χ3n) is 6.30. The van der Waals surface area contributed by atoms with Gasteiger partial charge in [-0.1, -0.05) is 0 Å². The number of fused-ring (bicyclic) bond motifs is 2. The fourth-order valence-electron chi connectivity index (χ4n) is 4.52. The number of hydrogen-bond donors (Lipinski definition) is 3. The SMILES string of the molecule is COc1cc2c(Nc3ccc4[nH]c(C)cc4c3)ncnc2cc1OC(C)C1CCNCC1. The predicted molar refractivity (Wildman–Crippen MR) is 128 cm³/mol. The molecule has 0 amide bonds. The summed E-state index contributed by atoms with van der Waals surface area (Å²) in [6.45, 7) is 6.29. The second-order valence-corrected chi connectivity index (χ2v) is 8.53. The van der Waals surface area contributed by atoms with E-state index < -0.39 is 0 Å². The lowest BCUT2D eigenvalue weighted by Crippen LogP contribution is -2.35. The zero-order valence-corrected chi connectivity index (χ0v) is 18.7. The van der Waals surface area contributed by atoms with Crippen LogP contribution in [0.4, 0.5) is 11.5 Å². The van der Waals surface area contributed by atoms with E-state index in [1.165, 1.54) is 0 Å². The van der Waals surface area contributed by atoms with E-state index in [1.54, 1.807) is 13.4 Å². The minimum Gasteiger partial charge on any atom is -0.493 e. The molecular weight excluding hydrogens is 402 g/mol. The molecule has 1 saturated heterocycles. The summed E-state index contributed by atoms with van der Waals surface area (Å²) in [5.41, 5.74) is 4.04. The summed E-state index contributed by atoms with van der Waals surface area (Å²) in [6, 6.07) is 12.3.